The van der Waals surface area contributed by atoms with Crippen LogP contribution in [0.2, 0.25) is 0 Å². The Morgan fingerprint density at radius 1 is 1.00 bits per heavy atom. The molecule has 2 aromatic carbocycles. The molecule has 0 fully saturated rings. The van der Waals surface area contributed by atoms with E-state index < -0.39 is 30.1 Å². The van der Waals surface area contributed by atoms with Gasteiger partial charge in [0.25, 0.3) is 5.91 Å². The molecule has 32 heavy (non-hydrogen) atoms. The Morgan fingerprint density at radius 2 is 1.69 bits per heavy atom. The normalized spacial score (nSPS) is 12.3. The molecule has 1 aromatic heterocycles. The molecule has 164 valence electrons. The van der Waals surface area contributed by atoms with Crippen LogP contribution in [0.5, 0.6) is 0 Å². The SMILES string of the molecule is CC(NC(=O)c1ccc(-c2ncncc2NC(=O)OC(C)c2ccccc2)cc1)C(=O)O. The highest BCUT2D eigenvalue weighted by molar-refractivity contribution is 5.97. The summed E-state index contributed by atoms with van der Waals surface area (Å²) in [5.74, 6) is -1.63. The molecule has 2 amide bonds. The summed E-state index contributed by atoms with van der Waals surface area (Å²) in [6, 6.07) is 14.7. The van der Waals surface area contributed by atoms with Gasteiger partial charge in [0.15, 0.2) is 0 Å². The Hall–Kier alpha value is -4.27. The van der Waals surface area contributed by atoms with E-state index in [1.54, 1.807) is 31.2 Å². The third kappa shape index (κ3) is 5.66. The van der Waals surface area contributed by atoms with Gasteiger partial charge in [0.05, 0.1) is 17.6 Å². The first kappa shape index (κ1) is 22.4. The second kappa shape index (κ2) is 10.2. The molecule has 0 aliphatic rings. The summed E-state index contributed by atoms with van der Waals surface area (Å²) >= 11 is 0. The van der Waals surface area contributed by atoms with Crippen molar-refractivity contribution in [1.82, 2.24) is 15.3 Å². The van der Waals surface area contributed by atoms with Crippen molar-refractivity contribution in [1.29, 1.82) is 0 Å². The third-order valence-corrected chi connectivity index (χ3v) is 4.64. The number of nitrogens with one attached hydrogen (secondary N) is 2. The second-order valence-electron chi connectivity index (χ2n) is 6.98. The maximum Gasteiger partial charge on any atom is 0.412 e. The minimum absolute atomic E-state index is 0.293. The number of anilines is 1. The Balaban J connectivity index is 1.71. The predicted octanol–water partition coefficient (Wildman–Crippen LogP) is 3.66. The highest BCUT2D eigenvalue weighted by atomic mass is 16.6. The monoisotopic (exact) mass is 434 g/mol. The van der Waals surface area contributed by atoms with Gasteiger partial charge in [0, 0.05) is 11.1 Å². The molecule has 9 nitrogen and oxygen atoms in total. The highest BCUT2D eigenvalue weighted by Gasteiger charge is 2.17. The number of carbonyl (C=O) groups excluding carboxylic acids is 2. The lowest BCUT2D eigenvalue weighted by atomic mass is 10.1. The van der Waals surface area contributed by atoms with Crippen LogP contribution in [0, 0.1) is 0 Å². The van der Waals surface area contributed by atoms with E-state index >= 15 is 0 Å². The van der Waals surface area contributed by atoms with Gasteiger partial charge >= 0.3 is 12.1 Å². The molecule has 0 saturated heterocycles. The molecule has 2 atom stereocenters. The Labute approximate surface area is 184 Å². The smallest absolute Gasteiger partial charge is 0.412 e. The number of carboxylic acid groups (broad SMARTS) is 1. The zero-order valence-corrected chi connectivity index (χ0v) is 17.5. The summed E-state index contributed by atoms with van der Waals surface area (Å²) in [6.07, 6.45) is 1.69. The van der Waals surface area contributed by atoms with Gasteiger partial charge in [-0.3, -0.25) is 14.9 Å². The predicted molar refractivity (Wildman–Crippen MR) is 117 cm³/mol. The standard InChI is InChI=1S/C23H22N4O5/c1-14(22(29)30)26-21(28)18-10-8-17(9-11-18)20-19(12-24-13-25-20)27-23(31)32-15(2)16-6-4-3-5-7-16/h3-15H,1-2H3,(H,26,28)(H,27,31)(H,29,30). The van der Waals surface area contributed by atoms with Crippen molar-refractivity contribution in [3.05, 3.63) is 78.2 Å². The Morgan fingerprint density at radius 3 is 2.34 bits per heavy atom. The molecule has 1 heterocycles. The van der Waals surface area contributed by atoms with Gasteiger partial charge < -0.3 is 15.2 Å². The van der Waals surface area contributed by atoms with Crippen molar-refractivity contribution < 1.29 is 24.2 Å². The van der Waals surface area contributed by atoms with E-state index in [9.17, 15) is 14.4 Å². The van der Waals surface area contributed by atoms with Crippen LogP contribution >= 0.6 is 0 Å². The van der Waals surface area contributed by atoms with Crippen molar-refractivity contribution in [3.8, 4) is 11.3 Å². The van der Waals surface area contributed by atoms with Crippen LogP contribution in [0.4, 0.5) is 10.5 Å². The van der Waals surface area contributed by atoms with Crippen molar-refractivity contribution in [3.63, 3.8) is 0 Å². The molecule has 9 heteroatoms. The van der Waals surface area contributed by atoms with Crippen LogP contribution in [0.3, 0.4) is 0 Å². The summed E-state index contributed by atoms with van der Waals surface area (Å²) < 4.78 is 5.43. The molecule has 0 bridgehead atoms. The number of nitrogens with zero attached hydrogens (tertiary/aromatic N) is 2. The number of aliphatic carboxylic acids is 1. The van der Waals surface area contributed by atoms with Crippen molar-refractivity contribution in [2.75, 3.05) is 5.32 Å². The maximum atomic E-state index is 12.4. The van der Waals surface area contributed by atoms with E-state index in [0.717, 1.165) is 5.56 Å². The van der Waals surface area contributed by atoms with Crippen molar-refractivity contribution >= 4 is 23.7 Å². The van der Waals surface area contributed by atoms with Gasteiger partial charge in [-0.05, 0) is 31.5 Å². The van der Waals surface area contributed by atoms with Crippen LogP contribution < -0.4 is 10.6 Å². The van der Waals surface area contributed by atoms with Gasteiger partial charge in [-0.2, -0.15) is 0 Å². The number of rotatable bonds is 7. The average Bonchev–Trinajstić information content (AvgIpc) is 2.80. The van der Waals surface area contributed by atoms with Gasteiger partial charge in [0.2, 0.25) is 0 Å². The Bertz CT molecular complexity index is 1100. The average molecular weight is 434 g/mol. The first-order chi connectivity index (χ1) is 15.3. The molecule has 3 rings (SSSR count). The molecule has 0 saturated carbocycles. The van der Waals surface area contributed by atoms with Crippen LogP contribution in [0.15, 0.2) is 67.1 Å². The molecular weight excluding hydrogens is 412 g/mol. The molecular formula is C23H22N4O5. The number of amides is 2. The fourth-order valence-electron chi connectivity index (χ4n) is 2.86. The van der Waals surface area contributed by atoms with Crippen LogP contribution in [-0.2, 0) is 9.53 Å². The summed E-state index contributed by atoms with van der Waals surface area (Å²) in [5.41, 5.74) is 2.56. The fraction of sp³-hybridized carbons (Fsp3) is 0.174. The summed E-state index contributed by atoms with van der Waals surface area (Å²) in [6.45, 7) is 3.15. The summed E-state index contributed by atoms with van der Waals surface area (Å²) in [5, 5.41) is 14.0. The van der Waals surface area contributed by atoms with Gasteiger partial charge in [0.1, 0.15) is 18.5 Å². The van der Waals surface area contributed by atoms with E-state index in [2.05, 4.69) is 20.6 Å². The Kier molecular flexibility index (Phi) is 7.12. The van der Waals surface area contributed by atoms with Gasteiger partial charge in [-0.15, -0.1) is 0 Å². The van der Waals surface area contributed by atoms with Crippen molar-refractivity contribution in [2.45, 2.75) is 26.0 Å². The number of hydrogen-bond donors (Lipinski definition) is 3. The van der Waals surface area contributed by atoms with E-state index in [4.69, 9.17) is 9.84 Å². The minimum Gasteiger partial charge on any atom is -0.480 e. The lowest BCUT2D eigenvalue weighted by molar-refractivity contribution is -0.138. The molecule has 0 aliphatic heterocycles. The number of hydrogen-bond acceptors (Lipinski definition) is 6. The van der Waals surface area contributed by atoms with E-state index in [0.29, 0.717) is 22.5 Å². The molecule has 0 aliphatic carbocycles. The molecule has 3 aromatic rings. The zero-order valence-electron chi connectivity index (χ0n) is 17.5. The number of carboxylic acids is 1. The van der Waals surface area contributed by atoms with Gasteiger partial charge in [-0.1, -0.05) is 42.5 Å². The van der Waals surface area contributed by atoms with Crippen LogP contribution in [0.1, 0.15) is 35.9 Å². The van der Waals surface area contributed by atoms with Crippen LogP contribution in [0.25, 0.3) is 11.3 Å². The van der Waals surface area contributed by atoms with Gasteiger partial charge in [-0.25, -0.2) is 14.8 Å². The quantitative estimate of drug-likeness (QED) is 0.517. The van der Waals surface area contributed by atoms with E-state index in [-0.39, 0.29) is 0 Å². The molecule has 3 N–H and O–H groups in total. The first-order valence-corrected chi connectivity index (χ1v) is 9.82. The zero-order chi connectivity index (χ0) is 23.1. The van der Waals surface area contributed by atoms with E-state index in [1.807, 2.05) is 30.3 Å². The number of benzene rings is 2. The lowest BCUT2D eigenvalue weighted by Crippen LogP contribution is -2.38. The molecule has 0 radical (unpaired) electrons. The number of ether oxygens (including phenoxy) is 1. The number of carbonyl (C=O) groups is 3. The topological polar surface area (TPSA) is 131 Å². The molecule has 0 spiro atoms. The van der Waals surface area contributed by atoms with E-state index in [1.165, 1.54) is 19.4 Å². The van der Waals surface area contributed by atoms with Crippen molar-refractivity contribution in [2.24, 2.45) is 0 Å². The lowest BCUT2D eigenvalue weighted by Gasteiger charge is -2.15. The second-order valence-corrected chi connectivity index (χ2v) is 6.98. The minimum atomic E-state index is -1.12. The molecule has 2 unspecified atom stereocenters. The summed E-state index contributed by atoms with van der Waals surface area (Å²) in [4.78, 5) is 43.6. The number of aromatic nitrogens is 2. The summed E-state index contributed by atoms with van der Waals surface area (Å²) in [7, 11) is 0. The third-order valence-electron chi connectivity index (χ3n) is 4.64. The largest absolute Gasteiger partial charge is 0.480 e. The highest BCUT2D eigenvalue weighted by Crippen LogP contribution is 2.26. The first-order valence-electron chi connectivity index (χ1n) is 9.82. The fourth-order valence-corrected chi connectivity index (χ4v) is 2.86. The van der Waals surface area contributed by atoms with Crippen LogP contribution in [-0.4, -0.2) is 39.1 Å². The maximum absolute atomic E-state index is 12.4.